The van der Waals surface area contributed by atoms with Gasteiger partial charge in [0.1, 0.15) is 0 Å². The van der Waals surface area contributed by atoms with Gasteiger partial charge >= 0.3 is 11.9 Å². The summed E-state index contributed by atoms with van der Waals surface area (Å²) in [5.74, 6) is -0.885. The minimum absolute atomic E-state index is 0.0688. The summed E-state index contributed by atoms with van der Waals surface area (Å²) < 4.78 is 9.48. The van der Waals surface area contributed by atoms with E-state index < -0.39 is 17.4 Å². The zero-order valence-electron chi connectivity index (χ0n) is 16.2. The molecule has 2 bridgehead atoms. The van der Waals surface area contributed by atoms with Gasteiger partial charge in [-0.25, -0.2) is 9.59 Å². The molecule has 3 rings (SSSR count). The molecular weight excluding hydrogens is 346 g/mol. The Kier molecular flexibility index (Phi) is 4.62. The van der Waals surface area contributed by atoms with Crippen LogP contribution in [-0.4, -0.2) is 32.1 Å². The van der Waals surface area contributed by atoms with Gasteiger partial charge in [0, 0.05) is 5.69 Å². The number of carbonyl (C=O) groups excluding carboxylic acids is 3. The van der Waals surface area contributed by atoms with Crippen molar-refractivity contribution in [2.75, 3.05) is 19.5 Å². The van der Waals surface area contributed by atoms with Crippen molar-refractivity contribution in [1.29, 1.82) is 0 Å². The van der Waals surface area contributed by atoms with E-state index in [0.717, 1.165) is 24.8 Å². The lowest BCUT2D eigenvalue weighted by Gasteiger charge is -2.37. The summed E-state index contributed by atoms with van der Waals surface area (Å²) in [6.45, 7) is 8.51. The second-order valence-electron chi connectivity index (χ2n) is 7.96. The van der Waals surface area contributed by atoms with Crippen LogP contribution in [0, 0.1) is 16.7 Å². The van der Waals surface area contributed by atoms with Gasteiger partial charge in [-0.1, -0.05) is 26.0 Å². The first kappa shape index (κ1) is 19.1. The van der Waals surface area contributed by atoms with Crippen molar-refractivity contribution in [3.05, 3.63) is 41.5 Å². The Hall–Kier alpha value is -2.63. The summed E-state index contributed by atoms with van der Waals surface area (Å²) in [5.41, 5.74) is 0.993. The summed E-state index contributed by atoms with van der Waals surface area (Å²) in [5, 5.41) is 2.89. The van der Waals surface area contributed by atoms with Crippen LogP contribution in [0.5, 0.6) is 0 Å². The van der Waals surface area contributed by atoms with Crippen LogP contribution in [0.1, 0.15) is 53.8 Å². The van der Waals surface area contributed by atoms with Crippen molar-refractivity contribution in [3.63, 3.8) is 0 Å². The third-order valence-electron chi connectivity index (χ3n) is 6.36. The maximum absolute atomic E-state index is 13.2. The molecule has 2 saturated carbocycles. The number of anilines is 1. The first-order valence-corrected chi connectivity index (χ1v) is 8.99. The van der Waals surface area contributed by atoms with Gasteiger partial charge < -0.3 is 14.8 Å². The van der Waals surface area contributed by atoms with Crippen molar-refractivity contribution < 1.29 is 23.9 Å². The predicted molar refractivity (Wildman–Crippen MR) is 100 cm³/mol. The Bertz CT molecular complexity index is 807. The van der Waals surface area contributed by atoms with E-state index in [1.807, 2.05) is 0 Å². The van der Waals surface area contributed by atoms with Crippen LogP contribution < -0.4 is 5.32 Å². The Morgan fingerprint density at radius 1 is 1.07 bits per heavy atom. The van der Waals surface area contributed by atoms with Crippen LogP contribution in [0.2, 0.25) is 0 Å². The van der Waals surface area contributed by atoms with Crippen LogP contribution in [0.3, 0.4) is 0 Å². The first-order chi connectivity index (χ1) is 12.7. The van der Waals surface area contributed by atoms with E-state index in [4.69, 9.17) is 9.47 Å². The third kappa shape index (κ3) is 2.93. The van der Waals surface area contributed by atoms with Gasteiger partial charge in [-0.3, -0.25) is 4.79 Å². The van der Waals surface area contributed by atoms with Crippen molar-refractivity contribution in [1.82, 2.24) is 0 Å². The number of carbonyl (C=O) groups is 3. The molecule has 6 heteroatoms. The molecule has 0 saturated heterocycles. The summed E-state index contributed by atoms with van der Waals surface area (Å²) in [6, 6.07) is 4.39. The largest absolute Gasteiger partial charge is 0.465 e. The molecule has 0 heterocycles. The molecule has 1 aromatic carbocycles. The lowest BCUT2D eigenvalue weighted by atomic mass is 9.68. The van der Waals surface area contributed by atoms with Crippen LogP contribution >= 0.6 is 0 Å². The summed E-state index contributed by atoms with van der Waals surface area (Å²) in [4.78, 5) is 37.1. The Balaban J connectivity index is 1.93. The van der Waals surface area contributed by atoms with E-state index in [1.54, 1.807) is 0 Å². The molecule has 1 aromatic rings. The number of nitrogens with one attached hydrogen (secondary N) is 1. The van der Waals surface area contributed by atoms with E-state index in [-0.39, 0.29) is 22.4 Å². The number of esters is 2. The van der Waals surface area contributed by atoms with Crippen LogP contribution in [-0.2, 0) is 14.3 Å². The van der Waals surface area contributed by atoms with Gasteiger partial charge in [-0.15, -0.1) is 0 Å². The molecule has 0 aromatic heterocycles. The highest BCUT2D eigenvalue weighted by atomic mass is 16.5. The van der Waals surface area contributed by atoms with E-state index in [9.17, 15) is 14.4 Å². The molecular formula is C21H25NO5. The standard InChI is InChI=1S/C21H25NO5/c1-12-20(2,3)15-6-7-21(12,11-15)19(25)22-16-9-13(17(23)26-4)8-14(10-16)18(24)27-5/h8-10,15H,1,6-7,11H2,2-5H3,(H,22,25)/t15-,21+/m0/s1. The number of hydrogen-bond donors (Lipinski definition) is 1. The summed E-state index contributed by atoms with van der Waals surface area (Å²) in [7, 11) is 2.52. The monoisotopic (exact) mass is 371 g/mol. The van der Waals surface area contributed by atoms with Gasteiger partial charge in [0.25, 0.3) is 0 Å². The fourth-order valence-electron chi connectivity index (χ4n) is 4.56. The minimum atomic E-state index is -0.596. The van der Waals surface area contributed by atoms with Crippen molar-refractivity contribution in [2.45, 2.75) is 33.1 Å². The van der Waals surface area contributed by atoms with Gasteiger partial charge in [-0.2, -0.15) is 0 Å². The predicted octanol–water partition coefficient (Wildman–Crippen LogP) is 3.58. The van der Waals surface area contributed by atoms with Crippen molar-refractivity contribution in [2.24, 2.45) is 16.7 Å². The summed E-state index contributed by atoms with van der Waals surface area (Å²) in [6.07, 6.45) is 2.55. The summed E-state index contributed by atoms with van der Waals surface area (Å²) >= 11 is 0. The zero-order valence-corrected chi connectivity index (χ0v) is 16.2. The Morgan fingerprint density at radius 3 is 2.07 bits per heavy atom. The van der Waals surface area contributed by atoms with Crippen molar-refractivity contribution in [3.8, 4) is 0 Å². The highest BCUT2D eigenvalue weighted by molar-refractivity contribution is 6.02. The number of methoxy groups -OCH3 is 2. The SMILES string of the molecule is C=C1C(C)(C)[C@H]2CC[C@@]1(C(=O)Nc1cc(C(=O)OC)cc(C(=O)OC)c1)C2. The molecule has 144 valence electrons. The van der Waals surface area contributed by atoms with E-state index >= 15 is 0 Å². The molecule has 2 aliphatic rings. The molecule has 27 heavy (non-hydrogen) atoms. The number of rotatable bonds is 4. The number of benzene rings is 1. The number of ether oxygens (including phenoxy) is 2. The zero-order chi connectivity index (χ0) is 20.0. The molecule has 1 N–H and O–H groups in total. The highest BCUT2D eigenvalue weighted by Crippen LogP contribution is 2.65. The van der Waals surface area contributed by atoms with Crippen LogP contribution in [0.4, 0.5) is 5.69 Å². The van der Waals surface area contributed by atoms with Gasteiger partial charge in [0.2, 0.25) is 5.91 Å². The lowest BCUT2D eigenvalue weighted by molar-refractivity contribution is -0.123. The number of hydrogen-bond acceptors (Lipinski definition) is 5. The molecule has 2 fully saturated rings. The molecule has 2 aliphatic carbocycles. The molecule has 2 atom stereocenters. The fourth-order valence-corrected chi connectivity index (χ4v) is 4.56. The average Bonchev–Trinajstić information content (AvgIpc) is 3.19. The minimum Gasteiger partial charge on any atom is -0.465 e. The van der Waals surface area contributed by atoms with Crippen molar-refractivity contribution >= 4 is 23.5 Å². The van der Waals surface area contributed by atoms with Crippen LogP contribution in [0.15, 0.2) is 30.4 Å². The number of fused-ring (bicyclic) bond motifs is 2. The smallest absolute Gasteiger partial charge is 0.337 e. The first-order valence-electron chi connectivity index (χ1n) is 8.99. The Morgan fingerprint density at radius 2 is 1.63 bits per heavy atom. The third-order valence-corrected chi connectivity index (χ3v) is 6.36. The average molecular weight is 371 g/mol. The lowest BCUT2D eigenvalue weighted by Crippen LogP contribution is -2.37. The molecule has 0 aliphatic heterocycles. The normalized spacial score (nSPS) is 25.2. The molecule has 0 unspecified atom stereocenters. The maximum Gasteiger partial charge on any atom is 0.337 e. The topological polar surface area (TPSA) is 81.7 Å². The van der Waals surface area contributed by atoms with Crippen LogP contribution in [0.25, 0.3) is 0 Å². The maximum atomic E-state index is 13.2. The molecule has 0 radical (unpaired) electrons. The second kappa shape index (κ2) is 6.51. The quantitative estimate of drug-likeness (QED) is 0.646. The fraction of sp³-hybridized carbons (Fsp3) is 0.476. The molecule has 1 amide bonds. The highest BCUT2D eigenvalue weighted by Gasteiger charge is 2.60. The van der Waals surface area contributed by atoms with E-state index in [1.165, 1.54) is 32.4 Å². The molecule has 0 spiro atoms. The van der Waals surface area contributed by atoms with E-state index in [0.29, 0.717) is 11.6 Å². The van der Waals surface area contributed by atoms with Gasteiger partial charge in [-0.05, 0) is 48.8 Å². The van der Waals surface area contributed by atoms with Gasteiger partial charge in [0.15, 0.2) is 0 Å². The Labute approximate surface area is 158 Å². The molecule has 6 nitrogen and oxygen atoms in total. The second-order valence-corrected chi connectivity index (χ2v) is 7.96. The van der Waals surface area contributed by atoms with Gasteiger partial charge in [0.05, 0.1) is 30.8 Å². The van der Waals surface area contributed by atoms with E-state index in [2.05, 4.69) is 25.7 Å². The number of amides is 1.